The number of nitrogens with one attached hydrogen (secondary N) is 1. The molecule has 5 nitrogen and oxygen atoms in total. The van der Waals surface area contributed by atoms with Crippen LogP contribution in [-0.4, -0.2) is 27.8 Å². The summed E-state index contributed by atoms with van der Waals surface area (Å²) < 4.78 is 0.238. The molecule has 0 saturated heterocycles. The Hall–Kier alpha value is -1.50. The van der Waals surface area contributed by atoms with Gasteiger partial charge in [0.05, 0.1) is 0 Å². The average Bonchev–Trinajstić information content (AvgIpc) is 2.83. The van der Waals surface area contributed by atoms with Crippen LogP contribution in [0.4, 0.5) is 5.69 Å². The number of hydrogen-bond donors (Lipinski definition) is 2. The fraction of sp³-hybridized carbons (Fsp3) is 0.250. The maximum atomic E-state index is 11.9. The van der Waals surface area contributed by atoms with Gasteiger partial charge in [-0.15, -0.1) is 10.2 Å². The van der Waals surface area contributed by atoms with Gasteiger partial charge in [-0.3, -0.25) is 4.79 Å². The normalized spacial score (nSPS) is 10.4. The third-order valence-corrected chi connectivity index (χ3v) is 3.42. The number of anilines is 1. The number of aryl methyl sites for hydroxylation is 1. The first kappa shape index (κ1) is 13.9. The zero-order chi connectivity index (χ0) is 13.7. The number of aliphatic hydroxyl groups excluding tert-OH is 1. The SMILES string of the molecule is O=C(Nc1cccc(CCCO)c1)c1nnc(Cl)s1. The molecule has 0 aliphatic rings. The molecule has 0 bridgehead atoms. The van der Waals surface area contributed by atoms with Crippen LogP contribution in [0.2, 0.25) is 4.47 Å². The highest BCUT2D eigenvalue weighted by Gasteiger charge is 2.12. The summed E-state index contributed by atoms with van der Waals surface area (Å²) in [7, 11) is 0. The molecular formula is C12H12ClN3O2S. The molecule has 100 valence electrons. The van der Waals surface area contributed by atoms with Gasteiger partial charge in [-0.05, 0) is 42.1 Å². The predicted molar refractivity (Wildman–Crippen MR) is 74.7 cm³/mol. The summed E-state index contributed by atoms with van der Waals surface area (Å²) in [4.78, 5) is 11.9. The number of carbonyl (C=O) groups is 1. The van der Waals surface area contributed by atoms with Gasteiger partial charge in [-0.2, -0.15) is 0 Å². The van der Waals surface area contributed by atoms with E-state index in [1.54, 1.807) is 6.07 Å². The van der Waals surface area contributed by atoms with Gasteiger partial charge in [-0.25, -0.2) is 0 Å². The van der Waals surface area contributed by atoms with E-state index >= 15 is 0 Å². The highest BCUT2D eigenvalue weighted by atomic mass is 35.5. The Bertz CT molecular complexity index is 574. The van der Waals surface area contributed by atoms with Crippen LogP contribution in [0, 0.1) is 0 Å². The van der Waals surface area contributed by atoms with E-state index in [9.17, 15) is 4.79 Å². The van der Waals surface area contributed by atoms with Gasteiger partial charge in [0, 0.05) is 12.3 Å². The average molecular weight is 298 g/mol. The quantitative estimate of drug-likeness (QED) is 0.888. The number of nitrogens with zero attached hydrogens (tertiary/aromatic N) is 2. The first-order valence-electron chi connectivity index (χ1n) is 5.69. The third kappa shape index (κ3) is 3.99. The molecule has 0 fully saturated rings. The van der Waals surface area contributed by atoms with Gasteiger partial charge < -0.3 is 10.4 Å². The van der Waals surface area contributed by atoms with Gasteiger partial charge in [-0.1, -0.05) is 23.5 Å². The lowest BCUT2D eigenvalue weighted by atomic mass is 10.1. The first-order chi connectivity index (χ1) is 9.19. The minimum Gasteiger partial charge on any atom is -0.396 e. The molecule has 1 heterocycles. The van der Waals surface area contributed by atoms with Crippen LogP contribution in [-0.2, 0) is 6.42 Å². The molecule has 0 spiro atoms. The molecule has 19 heavy (non-hydrogen) atoms. The van der Waals surface area contributed by atoms with Crippen molar-refractivity contribution >= 4 is 34.5 Å². The van der Waals surface area contributed by atoms with Crippen LogP contribution in [0.15, 0.2) is 24.3 Å². The van der Waals surface area contributed by atoms with Crippen molar-refractivity contribution in [2.45, 2.75) is 12.8 Å². The number of aliphatic hydroxyl groups is 1. The van der Waals surface area contributed by atoms with E-state index in [0.29, 0.717) is 12.1 Å². The maximum absolute atomic E-state index is 11.9. The van der Waals surface area contributed by atoms with E-state index in [1.165, 1.54) is 0 Å². The van der Waals surface area contributed by atoms with Crippen LogP contribution >= 0.6 is 22.9 Å². The van der Waals surface area contributed by atoms with Crippen molar-refractivity contribution in [2.75, 3.05) is 11.9 Å². The smallest absolute Gasteiger partial charge is 0.286 e. The summed E-state index contributed by atoms with van der Waals surface area (Å²) in [6.07, 6.45) is 1.47. The predicted octanol–water partition coefficient (Wildman–Crippen LogP) is 2.37. The largest absolute Gasteiger partial charge is 0.396 e. The highest BCUT2D eigenvalue weighted by Crippen LogP contribution is 2.17. The van der Waals surface area contributed by atoms with Gasteiger partial charge in [0.2, 0.25) is 9.47 Å². The summed E-state index contributed by atoms with van der Waals surface area (Å²) in [6, 6.07) is 7.47. The second-order valence-electron chi connectivity index (χ2n) is 3.84. The summed E-state index contributed by atoms with van der Waals surface area (Å²) in [5.74, 6) is -0.330. The Kier molecular flexibility index (Phi) is 4.84. The lowest BCUT2D eigenvalue weighted by molar-refractivity contribution is 0.102. The van der Waals surface area contributed by atoms with Crippen molar-refractivity contribution in [1.82, 2.24) is 10.2 Å². The van der Waals surface area contributed by atoms with Gasteiger partial charge in [0.25, 0.3) is 5.91 Å². The molecule has 1 aromatic heterocycles. The molecule has 0 atom stereocenters. The molecule has 0 saturated carbocycles. The second kappa shape index (κ2) is 6.60. The summed E-state index contributed by atoms with van der Waals surface area (Å²) in [6.45, 7) is 0.153. The molecular weight excluding hydrogens is 286 g/mol. The molecule has 2 N–H and O–H groups in total. The van der Waals surface area contributed by atoms with Crippen LogP contribution in [0.5, 0.6) is 0 Å². The van der Waals surface area contributed by atoms with E-state index < -0.39 is 0 Å². The van der Waals surface area contributed by atoms with Crippen LogP contribution < -0.4 is 5.32 Å². The maximum Gasteiger partial charge on any atom is 0.286 e. The third-order valence-electron chi connectivity index (χ3n) is 2.40. The lowest BCUT2D eigenvalue weighted by Crippen LogP contribution is -2.11. The molecule has 0 radical (unpaired) electrons. The topological polar surface area (TPSA) is 75.1 Å². The molecule has 0 aliphatic carbocycles. The minimum atomic E-state index is -0.330. The molecule has 2 rings (SSSR count). The standard InChI is InChI=1S/C12H12ClN3O2S/c13-12-16-15-11(19-12)10(18)14-9-5-1-3-8(7-9)4-2-6-17/h1,3,5,7,17H,2,4,6H2,(H,14,18). The van der Waals surface area contributed by atoms with Crippen molar-refractivity contribution in [3.05, 3.63) is 39.3 Å². The van der Waals surface area contributed by atoms with Gasteiger partial charge >= 0.3 is 0 Å². The van der Waals surface area contributed by atoms with Crippen LogP contribution in [0.1, 0.15) is 21.8 Å². The Balaban J connectivity index is 2.04. The van der Waals surface area contributed by atoms with Gasteiger partial charge in [0.1, 0.15) is 0 Å². The first-order valence-corrected chi connectivity index (χ1v) is 6.88. The number of halogens is 1. The van der Waals surface area contributed by atoms with Gasteiger partial charge in [0.15, 0.2) is 0 Å². The molecule has 0 unspecified atom stereocenters. The van der Waals surface area contributed by atoms with Crippen LogP contribution in [0.3, 0.4) is 0 Å². The number of hydrogen-bond acceptors (Lipinski definition) is 5. The fourth-order valence-electron chi connectivity index (χ4n) is 1.57. The number of rotatable bonds is 5. The molecule has 7 heteroatoms. The zero-order valence-corrected chi connectivity index (χ0v) is 11.5. The fourth-order valence-corrected chi connectivity index (χ4v) is 2.29. The van der Waals surface area contributed by atoms with Crippen molar-refractivity contribution < 1.29 is 9.90 Å². The second-order valence-corrected chi connectivity index (χ2v) is 5.40. The number of aromatic nitrogens is 2. The van der Waals surface area contributed by atoms with E-state index in [1.807, 2.05) is 18.2 Å². The van der Waals surface area contributed by atoms with Crippen LogP contribution in [0.25, 0.3) is 0 Å². The Morgan fingerprint density at radius 1 is 1.42 bits per heavy atom. The minimum absolute atomic E-state index is 0.153. The molecule has 1 aromatic carbocycles. The molecule has 2 aromatic rings. The summed E-state index contributed by atoms with van der Waals surface area (Å²) >= 11 is 6.66. The Morgan fingerprint density at radius 3 is 2.95 bits per heavy atom. The lowest BCUT2D eigenvalue weighted by Gasteiger charge is -2.05. The van der Waals surface area contributed by atoms with E-state index in [2.05, 4.69) is 15.5 Å². The Morgan fingerprint density at radius 2 is 2.26 bits per heavy atom. The molecule has 1 amide bonds. The van der Waals surface area contributed by atoms with Crippen molar-refractivity contribution in [3.63, 3.8) is 0 Å². The number of amides is 1. The monoisotopic (exact) mass is 297 g/mol. The summed E-state index contributed by atoms with van der Waals surface area (Å²) in [5.41, 5.74) is 1.74. The molecule has 0 aliphatic heterocycles. The number of benzene rings is 1. The van der Waals surface area contributed by atoms with E-state index in [0.717, 1.165) is 23.3 Å². The van der Waals surface area contributed by atoms with E-state index in [4.69, 9.17) is 16.7 Å². The summed E-state index contributed by atoms with van der Waals surface area (Å²) in [5, 5.41) is 19.0. The van der Waals surface area contributed by atoms with Crippen molar-refractivity contribution in [2.24, 2.45) is 0 Å². The van der Waals surface area contributed by atoms with Crippen molar-refractivity contribution in [1.29, 1.82) is 0 Å². The van der Waals surface area contributed by atoms with E-state index in [-0.39, 0.29) is 22.0 Å². The Labute approximate surface area is 119 Å². The highest BCUT2D eigenvalue weighted by molar-refractivity contribution is 7.17. The van der Waals surface area contributed by atoms with Crippen molar-refractivity contribution in [3.8, 4) is 0 Å². The number of carbonyl (C=O) groups excluding carboxylic acids is 1. The zero-order valence-electron chi connectivity index (χ0n) is 9.97.